The van der Waals surface area contributed by atoms with Crippen molar-refractivity contribution in [1.82, 2.24) is 19.8 Å². The second kappa shape index (κ2) is 12.8. The largest absolute Gasteiger partial charge is 0.354 e. The van der Waals surface area contributed by atoms with Crippen LogP contribution in [0.1, 0.15) is 36.9 Å². The number of thioether (sulfide) groups is 1. The Hall–Kier alpha value is -3.13. The Labute approximate surface area is 251 Å². The van der Waals surface area contributed by atoms with Gasteiger partial charge in [0, 0.05) is 44.3 Å². The molecular weight excluding hydrogens is 550 g/mol. The fourth-order valence-electron chi connectivity index (χ4n) is 5.84. The molecule has 4 aromatic rings. The highest BCUT2D eigenvalue weighted by molar-refractivity contribution is 8.00. The molecule has 1 amide bonds. The molecule has 0 bridgehead atoms. The van der Waals surface area contributed by atoms with E-state index in [0.29, 0.717) is 18.8 Å². The summed E-state index contributed by atoms with van der Waals surface area (Å²) < 4.78 is 0. The van der Waals surface area contributed by atoms with Crippen LogP contribution in [0, 0.1) is 5.92 Å². The van der Waals surface area contributed by atoms with E-state index < -0.39 is 0 Å². The van der Waals surface area contributed by atoms with E-state index in [1.54, 1.807) is 0 Å². The van der Waals surface area contributed by atoms with Crippen LogP contribution in [-0.2, 0) is 4.79 Å². The van der Waals surface area contributed by atoms with Crippen LogP contribution >= 0.6 is 23.4 Å². The molecule has 1 atom stereocenters. The quantitative estimate of drug-likeness (QED) is 0.229. The molecule has 0 radical (unpaired) electrons. The van der Waals surface area contributed by atoms with Gasteiger partial charge < -0.3 is 9.80 Å². The number of carbonyl (C=O) groups is 1. The van der Waals surface area contributed by atoms with Gasteiger partial charge in [-0.15, -0.1) is 0 Å². The minimum atomic E-state index is 0.128. The van der Waals surface area contributed by atoms with Gasteiger partial charge in [0.2, 0.25) is 5.91 Å². The van der Waals surface area contributed by atoms with Gasteiger partial charge in [0.05, 0.1) is 22.8 Å². The summed E-state index contributed by atoms with van der Waals surface area (Å²) in [6.45, 7) is 7.31. The van der Waals surface area contributed by atoms with E-state index in [-0.39, 0.29) is 11.9 Å². The lowest BCUT2D eigenvalue weighted by Crippen LogP contribution is -2.50. The van der Waals surface area contributed by atoms with Crippen molar-refractivity contribution in [2.75, 3.05) is 49.9 Å². The van der Waals surface area contributed by atoms with Crippen molar-refractivity contribution < 1.29 is 4.79 Å². The van der Waals surface area contributed by atoms with Gasteiger partial charge in [-0.2, -0.15) is 0 Å². The zero-order valence-electron chi connectivity index (χ0n) is 23.5. The molecule has 2 saturated heterocycles. The maximum absolute atomic E-state index is 13.4. The van der Waals surface area contributed by atoms with Crippen molar-refractivity contribution in [2.45, 2.75) is 30.8 Å². The summed E-state index contributed by atoms with van der Waals surface area (Å²) in [6, 6.07) is 26.9. The molecule has 2 aliphatic rings. The lowest BCUT2D eigenvalue weighted by Gasteiger charge is -2.40. The summed E-state index contributed by atoms with van der Waals surface area (Å²) in [7, 11) is 0. The van der Waals surface area contributed by atoms with E-state index in [1.165, 1.54) is 22.9 Å². The molecular formula is C33H36ClN5OS. The predicted octanol–water partition coefficient (Wildman–Crippen LogP) is 6.55. The normalized spacial score (nSPS) is 17.6. The molecule has 8 heteroatoms. The van der Waals surface area contributed by atoms with Gasteiger partial charge in [0.1, 0.15) is 5.03 Å². The second-order valence-corrected chi connectivity index (χ2v) is 12.5. The maximum Gasteiger partial charge on any atom is 0.233 e. The van der Waals surface area contributed by atoms with Crippen molar-refractivity contribution in [3.05, 3.63) is 95.0 Å². The number of rotatable bonds is 7. The number of para-hydroxylation sites is 2. The van der Waals surface area contributed by atoms with Crippen LogP contribution in [0.3, 0.4) is 0 Å². The molecule has 1 aromatic heterocycles. The van der Waals surface area contributed by atoms with Crippen LogP contribution in [0.2, 0.25) is 5.02 Å². The zero-order chi connectivity index (χ0) is 28.2. The number of aromatic nitrogens is 2. The van der Waals surface area contributed by atoms with Gasteiger partial charge in [0.25, 0.3) is 0 Å². The first-order valence-electron chi connectivity index (χ1n) is 14.5. The lowest BCUT2D eigenvalue weighted by atomic mass is 9.96. The Bertz CT molecular complexity index is 1470. The van der Waals surface area contributed by atoms with E-state index in [9.17, 15) is 4.79 Å². The Morgan fingerprint density at radius 1 is 0.829 bits per heavy atom. The van der Waals surface area contributed by atoms with Crippen LogP contribution < -0.4 is 4.90 Å². The standard InChI is InChI=1S/C33H36ClN5OS/c1-24-15-17-39(18-16-24)32-33(36-29-10-6-5-9-28(29)35-32)41-23-30(40)37-19-21-38(22-20-37)31(25-7-3-2-4-8-25)26-11-13-27(34)14-12-26/h2-14,24,31H,15-23H2,1H3. The zero-order valence-corrected chi connectivity index (χ0v) is 25.0. The molecule has 212 valence electrons. The Balaban J connectivity index is 1.13. The van der Waals surface area contributed by atoms with E-state index in [4.69, 9.17) is 21.6 Å². The number of anilines is 1. The molecule has 0 aliphatic carbocycles. The van der Waals surface area contributed by atoms with E-state index in [0.717, 1.165) is 71.8 Å². The van der Waals surface area contributed by atoms with Gasteiger partial charge in [0.15, 0.2) is 5.82 Å². The summed E-state index contributed by atoms with van der Waals surface area (Å²) in [5, 5.41) is 1.60. The van der Waals surface area contributed by atoms with Crippen LogP contribution in [0.15, 0.2) is 83.9 Å². The van der Waals surface area contributed by atoms with Gasteiger partial charge in [-0.05, 0) is 54.2 Å². The number of fused-ring (bicyclic) bond motifs is 1. The van der Waals surface area contributed by atoms with E-state index in [1.807, 2.05) is 47.4 Å². The van der Waals surface area contributed by atoms with Crippen LogP contribution in [0.25, 0.3) is 11.0 Å². The molecule has 0 spiro atoms. The topological polar surface area (TPSA) is 52.6 Å². The minimum absolute atomic E-state index is 0.128. The smallest absolute Gasteiger partial charge is 0.233 e. The third kappa shape index (κ3) is 6.53. The molecule has 6 rings (SSSR count). The molecule has 0 saturated carbocycles. The maximum atomic E-state index is 13.4. The number of piperazine rings is 1. The summed E-state index contributed by atoms with van der Waals surface area (Å²) in [5.41, 5.74) is 4.24. The summed E-state index contributed by atoms with van der Waals surface area (Å²) in [5.74, 6) is 2.18. The van der Waals surface area contributed by atoms with Crippen LogP contribution in [0.5, 0.6) is 0 Å². The van der Waals surface area contributed by atoms with Gasteiger partial charge in [-0.3, -0.25) is 9.69 Å². The first-order valence-corrected chi connectivity index (χ1v) is 15.9. The van der Waals surface area contributed by atoms with Crippen molar-refractivity contribution in [3.63, 3.8) is 0 Å². The number of halogens is 1. The molecule has 41 heavy (non-hydrogen) atoms. The monoisotopic (exact) mass is 585 g/mol. The predicted molar refractivity (Wildman–Crippen MR) is 169 cm³/mol. The summed E-state index contributed by atoms with van der Waals surface area (Å²) in [4.78, 5) is 30.2. The number of amides is 1. The van der Waals surface area contributed by atoms with Gasteiger partial charge >= 0.3 is 0 Å². The summed E-state index contributed by atoms with van der Waals surface area (Å²) in [6.07, 6.45) is 2.31. The molecule has 6 nitrogen and oxygen atoms in total. The minimum Gasteiger partial charge on any atom is -0.354 e. The first kappa shape index (κ1) is 28.0. The highest BCUT2D eigenvalue weighted by Crippen LogP contribution is 2.33. The van der Waals surface area contributed by atoms with Crippen molar-refractivity contribution >= 4 is 46.1 Å². The van der Waals surface area contributed by atoms with Crippen molar-refractivity contribution in [2.24, 2.45) is 5.92 Å². The van der Waals surface area contributed by atoms with Gasteiger partial charge in [-0.25, -0.2) is 9.97 Å². The average Bonchev–Trinajstić information content (AvgIpc) is 3.02. The van der Waals surface area contributed by atoms with Crippen LogP contribution in [0.4, 0.5) is 5.82 Å². The Kier molecular flexibility index (Phi) is 8.75. The number of hydrogen-bond donors (Lipinski definition) is 0. The molecule has 2 fully saturated rings. The van der Waals surface area contributed by atoms with Crippen LogP contribution in [-0.4, -0.2) is 70.7 Å². The Morgan fingerprint density at radius 2 is 1.44 bits per heavy atom. The molecule has 2 aliphatic heterocycles. The highest BCUT2D eigenvalue weighted by Gasteiger charge is 2.29. The SMILES string of the molecule is CC1CCN(c2nc3ccccc3nc2SCC(=O)N2CCN(C(c3ccccc3)c3ccc(Cl)cc3)CC2)CC1. The van der Waals surface area contributed by atoms with E-state index >= 15 is 0 Å². The molecule has 1 unspecified atom stereocenters. The second-order valence-electron chi connectivity index (χ2n) is 11.1. The van der Waals surface area contributed by atoms with Crippen molar-refractivity contribution in [1.29, 1.82) is 0 Å². The molecule has 0 N–H and O–H groups in total. The fourth-order valence-corrected chi connectivity index (χ4v) is 6.88. The fraction of sp³-hybridized carbons (Fsp3) is 0.364. The number of nitrogens with zero attached hydrogens (tertiary/aromatic N) is 5. The number of piperidine rings is 1. The van der Waals surface area contributed by atoms with E-state index in [2.05, 4.69) is 53.1 Å². The lowest BCUT2D eigenvalue weighted by molar-refractivity contribution is -0.130. The number of carbonyl (C=O) groups excluding carboxylic acids is 1. The average molecular weight is 586 g/mol. The molecule has 3 heterocycles. The number of hydrogen-bond acceptors (Lipinski definition) is 6. The number of benzene rings is 3. The third-order valence-corrected chi connectivity index (χ3v) is 9.46. The van der Waals surface area contributed by atoms with Gasteiger partial charge in [-0.1, -0.05) is 84.9 Å². The summed E-state index contributed by atoms with van der Waals surface area (Å²) >= 11 is 7.72. The Morgan fingerprint density at radius 3 is 2.12 bits per heavy atom. The highest BCUT2D eigenvalue weighted by atomic mass is 35.5. The third-order valence-electron chi connectivity index (χ3n) is 8.27. The molecule has 3 aromatic carbocycles. The first-order chi connectivity index (χ1) is 20.0. The van der Waals surface area contributed by atoms with Crippen molar-refractivity contribution in [3.8, 4) is 0 Å².